The van der Waals surface area contributed by atoms with Crippen LogP contribution in [0.25, 0.3) is 0 Å². The van der Waals surface area contributed by atoms with Gasteiger partial charge in [0.2, 0.25) is 0 Å². The van der Waals surface area contributed by atoms with E-state index in [1.54, 1.807) is 0 Å². The van der Waals surface area contributed by atoms with Crippen molar-refractivity contribution < 1.29 is 5.11 Å². The summed E-state index contributed by atoms with van der Waals surface area (Å²) in [6.07, 6.45) is 2.38. The first-order valence-electron chi connectivity index (χ1n) is 4.97. The number of benzene rings is 1. The third kappa shape index (κ3) is 1.53. The molecule has 0 aliphatic carbocycles. The highest BCUT2D eigenvalue weighted by molar-refractivity contribution is 5.60. The molecule has 0 amide bonds. The fraction of sp³-hybridized carbons (Fsp3) is 0.333. The summed E-state index contributed by atoms with van der Waals surface area (Å²) in [5.41, 5.74) is 4.27. The molecule has 1 unspecified atom stereocenters. The number of aliphatic hydroxyl groups excluding tert-OH is 1. The molecule has 1 aromatic carbocycles. The third-order valence-electron chi connectivity index (χ3n) is 2.58. The quantitative estimate of drug-likeness (QED) is 0.711. The predicted octanol–water partition coefficient (Wildman–Crippen LogP) is 2.61. The first kappa shape index (κ1) is 9.28. The molecule has 0 fully saturated rings. The van der Waals surface area contributed by atoms with Crippen molar-refractivity contribution in [1.29, 1.82) is 0 Å². The summed E-state index contributed by atoms with van der Waals surface area (Å²) in [5.74, 6) is 0. The van der Waals surface area contributed by atoms with Crippen LogP contribution in [0.1, 0.15) is 31.1 Å². The Morgan fingerprint density at radius 1 is 1.43 bits per heavy atom. The molecule has 1 aliphatic rings. The van der Waals surface area contributed by atoms with Crippen LogP contribution in [0.5, 0.6) is 0 Å². The van der Waals surface area contributed by atoms with Gasteiger partial charge in [-0.05, 0) is 31.1 Å². The van der Waals surface area contributed by atoms with E-state index in [-0.39, 0.29) is 0 Å². The molecule has 0 spiro atoms. The van der Waals surface area contributed by atoms with Crippen LogP contribution in [0.15, 0.2) is 30.0 Å². The van der Waals surface area contributed by atoms with Crippen LogP contribution >= 0.6 is 0 Å². The van der Waals surface area contributed by atoms with E-state index in [1.165, 1.54) is 5.56 Å². The molecule has 1 aliphatic heterocycles. The predicted molar refractivity (Wildman–Crippen MR) is 58.2 cm³/mol. The van der Waals surface area contributed by atoms with Crippen LogP contribution in [0, 0.1) is 0 Å². The maximum Gasteiger partial charge on any atom is 0.101 e. The van der Waals surface area contributed by atoms with E-state index in [9.17, 15) is 5.11 Å². The van der Waals surface area contributed by atoms with Crippen LogP contribution in [0.4, 0.5) is 5.69 Å². The minimum atomic E-state index is -0.460. The topological polar surface area (TPSA) is 32.3 Å². The number of anilines is 1. The average Bonchev–Trinajstić information content (AvgIpc) is 2.17. The Bertz CT molecular complexity index is 382. The van der Waals surface area contributed by atoms with Gasteiger partial charge < -0.3 is 10.4 Å². The third-order valence-corrected chi connectivity index (χ3v) is 2.58. The molecular weight excluding hydrogens is 174 g/mol. The number of hydrogen-bond acceptors (Lipinski definition) is 2. The van der Waals surface area contributed by atoms with Gasteiger partial charge in [0.05, 0.1) is 0 Å². The summed E-state index contributed by atoms with van der Waals surface area (Å²) in [7, 11) is 0. The average molecular weight is 189 g/mol. The number of hydrogen-bond donors (Lipinski definition) is 2. The highest BCUT2D eigenvalue weighted by Gasteiger charge is 2.15. The molecule has 2 rings (SSSR count). The van der Waals surface area contributed by atoms with Crippen molar-refractivity contribution in [1.82, 2.24) is 0 Å². The standard InChI is InChI=1S/C12H15NO/c1-3-9-4-5-11-10(7-9)12(14)6-8(2)13-11/h4-7,12-14H,3H2,1-2H3. The van der Waals surface area contributed by atoms with E-state index in [2.05, 4.69) is 24.4 Å². The first-order valence-corrected chi connectivity index (χ1v) is 4.97. The molecule has 2 N–H and O–H groups in total. The second-order valence-electron chi connectivity index (χ2n) is 3.69. The van der Waals surface area contributed by atoms with Crippen LogP contribution in [-0.4, -0.2) is 5.11 Å². The highest BCUT2D eigenvalue weighted by Crippen LogP contribution is 2.31. The molecule has 0 bridgehead atoms. The molecule has 0 saturated carbocycles. The van der Waals surface area contributed by atoms with Gasteiger partial charge in [0.25, 0.3) is 0 Å². The first-order chi connectivity index (χ1) is 6.70. The normalized spacial score (nSPS) is 19.6. The maximum absolute atomic E-state index is 9.84. The Morgan fingerprint density at radius 3 is 2.93 bits per heavy atom. The van der Waals surface area contributed by atoms with E-state index >= 15 is 0 Å². The molecule has 0 aromatic heterocycles. The Labute approximate surface area is 84.3 Å². The lowest BCUT2D eigenvalue weighted by molar-refractivity contribution is 0.227. The molecule has 2 nitrogen and oxygen atoms in total. The molecule has 2 heteroatoms. The fourth-order valence-corrected chi connectivity index (χ4v) is 1.77. The molecular formula is C12H15NO. The largest absolute Gasteiger partial charge is 0.384 e. The zero-order valence-electron chi connectivity index (χ0n) is 8.54. The molecule has 0 radical (unpaired) electrons. The van der Waals surface area contributed by atoms with Gasteiger partial charge in [-0.25, -0.2) is 0 Å². The lowest BCUT2D eigenvalue weighted by Crippen LogP contribution is -2.10. The van der Waals surface area contributed by atoms with E-state index < -0.39 is 6.10 Å². The molecule has 0 saturated heterocycles. The van der Waals surface area contributed by atoms with Crippen molar-refractivity contribution in [2.45, 2.75) is 26.4 Å². The van der Waals surface area contributed by atoms with Crippen LogP contribution in [0.3, 0.4) is 0 Å². The van der Waals surface area contributed by atoms with Crippen molar-refractivity contribution in [2.24, 2.45) is 0 Å². The van der Waals surface area contributed by atoms with Gasteiger partial charge in [-0.2, -0.15) is 0 Å². The lowest BCUT2D eigenvalue weighted by atomic mass is 9.99. The minimum Gasteiger partial charge on any atom is -0.384 e. The Kier molecular flexibility index (Phi) is 2.30. The summed E-state index contributed by atoms with van der Waals surface area (Å²) < 4.78 is 0. The SMILES string of the molecule is CCc1ccc2c(c1)C(O)C=C(C)N2. The molecule has 1 atom stereocenters. The zero-order valence-corrected chi connectivity index (χ0v) is 8.54. The van der Waals surface area contributed by atoms with Gasteiger partial charge >= 0.3 is 0 Å². The summed E-state index contributed by atoms with van der Waals surface area (Å²) in [4.78, 5) is 0. The minimum absolute atomic E-state index is 0.460. The summed E-state index contributed by atoms with van der Waals surface area (Å²) >= 11 is 0. The Balaban J connectivity index is 2.44. The summed E-state index contributed by atoms with van der Waals surface area (Å²) in [6.45, 7) is 4.07. The van der Waals surface area contributed by atoms with Gasteiger partial charge in [0.15, 0.2) is 0 Å². The summed E-state index contributed by atoms with van der Waals surface area (Å²) in [5, 5.41) is 13.1. The monoisotopic (exact) mass is 189 g/mol. The molecule has 14 heavy (non-hydrogen) atoms. The maximum atomic E-state index is 9.84. The second kappa shape index (κ2) is 3.46. The number of allylic oxidation sites excluding steroid dienone is 1. The van der Waals surface area contributed by atoms with Crippen molar-refractivity contribution in [3.8, 4) is 0 Å². The Morgan fingerprint density at radius 2 is 2.21 bits per heavy atom. The van der Waals surface area contributed by atoms with Gasteiger partial charge in [0, 0.05) is 16.9 Å². The van der Waals surface area contributed by atoms with Crippen LogP contribution in [-0.2, 0) is 6.42 Å². The molecule has 1 heterocycles. The van der Waals surface area contributed by atoms with Crippen molar-refractivity contribution >= 4 is 5.69 Å². The van der Waals surface area contributed by atoms with E-state index in [4.69, 9.17) is 0 Å². The molecule has 1 aromatic rings. The van der Waals surface area contributed by atoms with Crippen LogP contribution < -0.4 is 5.32 Å². The second-order valence-corrected chi connectivity index (χ2v) is 3.69. The van der Waals surface area contributed by atoms with Gasteiger partial charge in [-0.15, -0.1) is 0 Å². The number of rotatable bonds is 1. The van der Waals surface area contributed by atoms with E-state index in [0.717, 1.165) is 23.4 Å². The molecule has 74 valence electrons. The van der Waals surface area contributed by atoms with Crippen molar-refractivity contribution in [3.63, 3.8) is 0 Å². The Hall–Kier alpha value is -1.28. The zero-order chi connectivity index (χ0) is 10.1. The highest BCUT2D eigenvalue weighted by atomic mass is 16.3. The van der Waals surface area contributed by atoms with Crippen molar-refractivity contribution in [2.75, 3.05) is 5.32 Å². The van der Waals surface area contributed by atoms with Gasteiger partial charge in [-0.3, -0.25) is 0 Å². The van der Waals surface area contributed by atoms with Gasteiger partial charge in [0.1, 0.15) is 6.10 Å². The van der Waals surface area contributed by atoms with Crippen LogP contribution in [0.2, 0.25) is 0 Å². The van der Waals surface area contributed by atoms with Crippen molar-refractivity contribution in [3.05, 3.63) is 41.1 Å². The number of nitrogens with one attached hydrogen (secondary N) is 1. The smallest absolute Gasteiger partial charge is 0.101 e. The van der Waals surface area contributed by atoms with Gasteiger partial charge in [-0.1, -0.05) is 19.1 Å². The number of fused-ring (bicyclic) bond motifs is 1. The number of aliphatic hydroxyl groups is 1. The number of aryl methyl sites for hydroxylation is 1. The lowest BCUT2D eigenvalue weighted by Gasteiger charge is -2.21. The van der Waals surface area contributed by atoms with E-state index in [0.29, 0.717) is 0 Å². The fourth-order valence-electron chi connectivity index (χ4n) is 1.77. The summed E-state index contributed by atoms with van der Waals surface area (Å²) in [6, 6.07) is 6.20. The van der Waals surface area contributed by atoms with E-state index in [1.807, 2.05) is 19.1 Å².